The Balaban J connectivity index is 1.22. The van der Waals surface area contributed by atoms with E-state index < -0.39 is 0 Å². The molecule has 178 valence electrons. The molecular weight excluding hydrogens is 456 g/mol. The smallest absolute Gasteiger partial charge is 0.233 e. The standard InChI is InChI=1S/C24H26N4O5S/c1-27-23(21-13-32-17-6-4-5-7-18(17)33-21)25-26-24(27)34-14-22(29)28-9-8-15-10-19(30-2)20(31-3)11-16(15)12-28/h4-7,10-11,21H,8-9,12-14H2,1-3H3. The summed E-state index contributed by atoms with van der Waals surface area (Å²) in [6.07, 6.45) is 0.420. The number of hydrogen-bond acceptors (Lipinski definition) is 8. The Hall–Kier alpha value is -3.40. The fraction of sp³-hybridized carbons (Fsp3) is 0.375. The molecular formula is C24H26N4O5S. The lowest BCUT2D eigenvalue weighted by Crippen LogP contribution is -2.37. The van der Waals surface area contributed by atoms with E-state index in [1.54, 1.807) is 14.2 Å². The van der Waals surface area contributed by atoms with E-state index in [0.717, 1.165) is 17.7 Å². The highest BCUT2D eigenvalue weighted by molar-refractivity contribution is 7.99. The molecule has 2 aromatic carbocycles. The molecule has 5 rings (SSSR count). The summed E-state index contributed by atoms with van der Waals surface area (Å²) >= 11 is 1.37. The summed E-state index contributed by atoms with van der Waals surface area (Å²) in [5.41, 5.74) is 2.27. The highest BCUT2D eigenvalue weighted by atomic mass is 32.2. The van der Waals surface area contributed by atoms with Crippen LogP contribution in [0.2, 0.25) is 0 Å². The average molecular weight is 483 g/mol. The van der Waals surface area contributed by atoms with Gasteiger partial charge in [0.2, 0.25) is 5.91 Å². The molecule has 0 saturated heterocycles. The Morgan fingerprint density at radius 2 is 1.85 bits per heavy atom. The first-order valence-electron chi connectivity index (χ1n) is 11.0. The van der Waals surface area contributed by atoms with E-state index in [9.17, 15) is 4.79 Å². The predicted octanol–water partition coefficient (Wildman–Crippen LogP) is 3.02. The van der Waals surface area contributed by atoms with Crippen molar-refractivity contribution in [2.75, 3.05) is 33.1 Å². The summed E-state index contributed by atoms with van der Waals surface area (Å²) < 4.78 is 24.5. The molecule has 0 saturated carbocycles. The Morgan fingerprint density at radius 1 is 1.12 bits per heavy atom. The minimum absolute atomic E-state index is 0.0566. The van der Waals surface area contributed by atoms with Crippen LogP contribution in [0.15, 0.2) is 41.6 Å². The SMILES string of the molecule is COc1cc2c(cc1OC)CN(C(=O)CSc1nnc(C3COc4ccccc4O3)n1C)CC2. The maximum Gasteiger partial charge on any atom is 0.233 e. The lowest BCUT2D eigenvalue weighted by molar-refractivity contribution is -0.129. The molecule has 1 atom stereocenters. The van der Waals surface area contributed by atoms with E-state index in [4.69, 9.17) is 18.9 Å². The van der Waals surface area contributed by atoms with Crippen molar-refractivity contribution < 1.29 is 23.7 Å². The first kappa shape index (κ1) is 22.4. The second kappa shape index (κ2) is 9.46. The summed E-state index contributed by atoms with van der Waals surface area (Å²) in [6, 6.07) is 11.5. The van der Waals surface area contributed by atoms with Crippen LogP contribution in [0.25, 0.3) is 0 Å². The van der Waals surface area contributed by atoms with E-state index in [0.29, 0.717) is 47.9 Å². The van der Waals surface area contributed by atoms with Gasteiger partial charge in [-0.05, 0) is 41.8 Å². The van der Waals surface area contributed by atoms with E-state index >= 15 is 0 Å². The fourth-order valence-electron chi connectivity index (χ4n) is 4.19. The zero-order valence-corrected chi connectivity index (χ0v) is 20.1. The van der Waals surface area contributed by atoms with Crippen LogP contribution in [0.4, 0.5) is 0 Å². The van der Waals surface area contributed by atoms with E-state index in [1.807, 2.05) is 52.9 Å². The highest BCUT2D eigenvalue weighted by Gasteiger charge is 2.28. The third kappa shape index (κ3) is 4.25. The van der Waals surface area contributed by atoms with Crippen molar-refractivity contribution in [2.45, 2.75) is 24.2 Å². The number of para-hydroxylation sites is 2. The Bertz CT molecular complexity index is 1210. The number of methoxy groups -OCH3 is 2. The van der Waals surface area contributed by atoms with Crippen LogP contribution < -0.4 is 18.9 Å². The van der Waals surface area contributed by atoms with Crippen molar-refractivity contribution >= 4 is 17.7 Å². The molecule has 0 N–H and O–H groups in total. The van der Waals surface area contributed by atoms with Gasteiger partial charge in [0.25, 0.3) is 0 Å². The van der Waals surface area contributed by atoms with Crippen LogP contribution in [0.3, 0.4) is 0 Å². The first-order chi connectivity index (χ1) is 16.6. The minimum Gasteiger partial charge on any atom is -0.493 e. The van der Waals surface area contributed by atoms with Crippen molar-refractivity contribution in [2.24, 2.45) is 7.05 Å². The minimum atomic E-state index is -0.358. The molecule has 0 fully saturated rings. The van der Waals surface area contributed by atoms with E-state index in [-0.39, 0.29) is 17.8 Å². The second-order valence-electron chi connectivity index (χ2n) is 8.09. The number of aromatic nitrogens is 3. The number of carbonyl (C=O) groups is 1. The molecule has 2 aliphatic rings. The van der Waals surface area contributed by atoms with Gasteiger partial charge in [0.15, 0.2) is 40.1 Å². The number of ether oxygens (including phenoxy) is 4. The molecule has 3 aromatic rings. The second-order valence-corrected chi connectivity index (χ2v) is 9.04. The van der Waals surface area contributed by atoms with Gasteiger partial charge in [-0.25, -0.2) is 0 Å². The normalized spacial score (nSPS) is 16.7. The van der Waals surface area contributed by atoms with Gasteiger partial charge in [-0.3, -0.25) is 4.79 Å². The molecule has 2 aliphatic heterocycles. The zero-order valence-electron chi connectivity index (χ0n) is 19.3. The number of fused-ring (bicyclic) bond motifs is 2. The number of carbonyl (C=O) groups excluding carboxylic acids is 1. The Morgan fingerprint density at radius 3 is 2.62 bits per heavy atom. The Labute approximate surface area is 202 Å². The quantitative estimate of drug-likeness (QED) is 0.496. The average Bonchev–Trinajstić information content (AvgIpc) is 3.25. The van der Waals surface area contributed by atoms with Gasteiger partial charge < -0.3 is 28.4 Å². The molecule has 10 heteroatoms. The van der Waals surface area contributed by atoms with Crippen LogP contribution in [-0.4, -0.2) is 58.7 Å². The molecule has 34 heavy (non-hydrogen) atoms. The zero-order chi connectivity index (χ0) is 23.7. The molecule has 9 nitrogen and oxygen atoms in total. The Kier molecular flexibility index (Phi) is 6.23. The number of thioether (sulfide) groups is 1. The molecule has 3 heterocycles. The third-order valence-electron chi connectivity index (χ3n) is 6.06. The number of benzene rings is 2. The fourth-order valence-corrected chi connectivity index (χ4v) is 5.01. The largest absolute Gasteiger partial charge is 0.493 e. The molecule has 1 unspecified atom stereocenters. The first-order valence-corrected chi connectivity index (χ1v) is 12.0. The van der Waals surface area contributed by atoms with Gasteiger partial charge in [-0.1, -0.05) is 23.9 Å². The van der Waals surface area contributed by atoms with Crippen LogP contribution in [0, 0.1) is 0 Å². The van der Waals surface area contributed by atoms with Gasteiger partial charge >= 0.3 is 0 Å². The maximum atomic E-state index is 13.0. The van der Waals surface area contributed by atoms with Crippen LogP contribution >= 0.6 is 11.8 Å². The molecule has 0 aliphatic carbocycles. The van der Waals surface area contributed by atoms with Gasteiger partial charge in [0.1, 0.15) is 6.61 Å². The van der Waals surface area contributed by atoms with Gasteiger partial charge in [-0.15, -0.1) is 10.2 Å². The number of nitrogens with zero attached hydrogens (tertiary/aromatic N) is 4. The summed E-state index contributed by atoms with van der Waals surface area (Å²) in [7, 11) is 5.12. The van der Waals surface area contributed by atoms with Crippen LogP contribution in [0.1, 0.15) is 23.1 Å². The van der Waals surface area contributed by atoms with Gasteiger partial charge in [-0.2, -0.15) is 0 Å². The monoisotopic (exact) mass is 482 g/mol. The third-order valence-corrected chi connectivity index (χ3v) is 7.07. The molecule has 1 aromatic heterocycles. The number of amides is 1. The van der Waals surface area contributed by atoms with Crippen molar-refractivity contribution in [1.29, 1.82) is 0 Å². The summed E-state index contributed by atoms with van der Waals surface area (Å²) in [5.74, 6) is 3.79. The van der Waals surface area contributed by atoms with Crippen LogP contribution in [0.5, 0.6) is 23.0 Å². The summed E-state index contributed by atoms with van der Waals surface area (Å²) in [5, 5.41) is 9.25. The lowest BCUT2D eigenvalue weighted by Gasteiger charge is -2.29. The van der Waals surface area contributed by atoms with Crippen molar-refractivity contribution in [1.82, 2.24) is 19.7 Å². The van der Waals surface area contributed by atoms with E-state index in [1.165, 1.54) is 17.3 Å². The van der Waals surface area contributed by atoms with Crippen molar-refractivity contribution in [3.8, 4) is 23.0 Å². The number of hydrogen-bond donors (Lipinski definition) is 0. The molecule has 0 radical (unpaired) electrons. The topological polar surface area (TPSA) is 87.9 Å². The highest BCUT2D eigenvalue weighted by Crippen LogP contribution is 2.36. The summed E-state index contributed by atoms with van der Waals surface area (Å²) in [4.78, 5) is 14.8. The van der Waals surface area contributed by atoms with Crippen LogP contribution in [-0.2, 0) is 24.8 Å². The molecule has 1 amide bonds. The van der Waals surface area contributed by atoms with E-state index in [2.05, 4.69) is 10.2 Å². The van der Waals surface area contributed by atoms with Crippen molar-refractivity contribution in [3.63, 3.8) is 0 Å². The van der Waals surface area contributed by atoms with Gasteiger partial charge in [0.05, 0.1) is 20.0 Å². The molecule has 0 bridgehead atoms. The maximum absolute atomic E-state index is 13.0. The predicted molar refractivity (Wildman–Crippen MR) is 126 cm³/mol. The lowest BCUT2D eigenvalue weighted by atomic mass is 9.99. The van der Waals surface area contributed by atoms with Crippen molar-refractivity contribution in [3.05, 3.63) is 53.3 Å². The number of rotatable bonds is 6. The summed E-state index contributed by atoms with van der Waals surface area (Å²) in [6.45, 7) is 1.57. The molecule has 0 spiro atoms. The van der Waals surface area contributed by atoms with Gasteiger partial charge in [0, 0.05) is 20.1 Å².